The van der Waals surface area contributed by atoms with Gasteiger partial charge in [0.1, 0.15) is 0 Å². The van der Waals surface area contributed by atoms with Crippen LogP contribution in [0.2, 0.25) is 38.8 Å². The fourth-order valence-electron chi connectivity index (χ4n) is 2.16. The van der Waals surface area contributed by atoms with E-state index in [4.69, 9.17) is 23.1 Å². The van der Waals surface area contributed by atoms with Crippen LogP contribution in [0.25, 0.3) is 0 Å². The van der Waals surface area contributed by atoms with E-state index in [-0.39, 0.29) is 0 Å². The Morgan fingerprint density at radius 3 is 1.55 bits per heavy atom. The zero-order valence-electron chi connectivity index (χ0n) is 15.4. The second-order valence-corrected chi connectivity index (χ2v) is 16.0. The molecule has 0 rings (SSSR count). The van der Waals surface area contributed by atoms with Crippen LogP contribution in [0.15, 0.2) is 0 Å². The number of methoxy groups -OCH3 is 1. The summed E-state index contributed by atoms with van der Waals surface area (Å²) in [6.07, 6.45) is 1.07. The number of hydrogen-bond acceptors (Lipinski definition) is 5. The molecule has 0 heterocycles. The van der Waals surface area contributed by atoms with Crippen LogP contribution in [-0.2, 0) is 23.1 Å². The van der Waals surface area contributed by atoms with Gasteiger partial charge < -0.3 is 23.1 Å². The first-order chi connectivity index (χ1) is 10.3. The highest BCUT2D eigenvalue weighted by atomic mass is 28.4. The molecule has 22 heavy (non-hydrogen) atoms. The van der Waals surface area contributed by atoms with Gasteiger partial charge in [0, 0.05) is 13.7 Å². The first-order valence-corrected chi connectivity index (χ1v) is 14.7. The maximum absolute atomic E-state index is 6.30. The monoisotopic (exact) mass is 352 g/mol. The molecule has 0 aliphatic heterocycles. The topological polar surface area (TPSA) is 46.2 Å². The van der Waals surface area contributed by atoms with Crippen LogP contribution in [0.4, 0.5) is 0 Å². The highest BCUT2D eigenvalue weighted by Crippen LogP contribution is 2.19. The zero-order chi connectivity index (χ0) is 16.9. The van der Waals surface area contributed by atoms with Crippen LogP contribution in [-0.4, -0.2) is 70.0 Å². The van der Waals surface area contributed by atoms with Crippen LogP contribution in [0.5, 0.6) is 0 Å². The van der Waals surface area contributed by atoms with E-state index in [1.165, 1.54) is 0 Å². The van der Waals surface area contributed by atoms with Gasteiger partial charge in [-0.25, -0.2) is 0 Å². The molecular formula is C15H36O5Si2. The van der Waals surface area contributed by atoms with E-state index in [2.05, 4.69) is 32.7 Å². The first kappa shape index (κ1) is 22.2. The van der Waals surface area contributed by atoms with Gasteiger partial charge in [-0.05, 0) is 45.2 Å². The second-order valence-electron chi connectivity index (χ2n) is 6.91. The van der Waals surface area contributed by atoms with E-state index >= 15 is 0 Å². The van der Waals surface area contributed by atoms with Crippen molar-refractivity contribution < 1.29 is 23.1 Å². The third-order valence-corrected chi connectivity index (χ3v) is 9.04. The highest BCUT2D eigenvalue weighted by Gasteiger charge is 2.28. The quantitative estimate of drug-likeness (QED) is 0.335. The second kappa shape index (κ2) is 12.6. The van der Waals surface area contributed by atoms with Crippen molar-refractivity contribution in [3.63, 3.8) is 0 Å². The van der Waals surface area contributed by atoms with Gasteiger partial charge in [0.05, 0.1) is 39.6 Å². The van der Waals surface area contributed by atoms with Gasteiger partial charge in [0.15, 0.2) is 16.6 Å². The molecule has 0 saturated carbocycles. The lowest BCUT2D eigenvalue weighted by atomic mass is 10.5. The fourth-order valence-corrected chi connectivity index (χ4v) is 10.2. The van der Waals surface area contributed by atoms with Crippen LogP contribution in [0.3, 0.4) is 0 Å². The molecule has 0 unspecified atom stereocenters. The van der Waals surface area contributed by atoms with E-state index in [0.29, 0.717) is 39.6 Å². The fraction of sp³-hybridized carbons (Fsp3) is 1.00. The van der Waals surface area contributed by atoms with Gasteiger partial charge in [-0.15, -0.1) is 0 Å². The van der Waals surface area contributed by atoms with Gasteiger partial charge in [0.2, 0.25) is 0 Å². The summed E-state index contributed by atoms with van der Waals surface area (Å²) in [7, 11) is -1.26. The SMILES string of the molecule is COCCOCCOCCOCCC[Si](C)(C)O[Si](C)(C)C. The maximum atomic E-state index is 6.30. The van der Waals surface area contributed by atoms with Crippen molar-refractivity contribution in [1.82, 2.24) is 0 Å². The molecule has 0 bridgehead atoms. The summed E-state index contributed by atoms with van der Waals surface area (Å²) in [5, 5.41) is 0. The Hall–Kier alpha value is 0.234. The van der Waals surface area contributed by atoms with Gasteiger partial charge >= 0.3 is 0 Å². The van der Waals surface area contributed by atoms with Crippen LogP contribution in [0.1, 0.15) is 6.42 Å². The standard InChI is InChI=1S/C15H36O5Si2/c1-16-9-10-18-13-14-19-12-11-17-8-7-15-22(5,6)20-21(2,3)4/h7-15H2,1-6H3. The summed E-state index contributed by atoms with van der Waals surface area (Å²) in [6.45, 7) is 15.9. The normalized spacial score (nSPS) is 12.8. The van der Waals surface area contributed by atoms with Crippen molar-refractivity contribution in [2.24, 2.45) is 0 Å². The molecule has 5 nitrogen and oxygen atoms in total. The van der Waals surface area contributed by atoms with Crippen molar-refractivity contribution in [3.8, 4) is 0 Å². The Bertz CT molecular complexity index is 257. The van der Waals surface area contributed by atoms with E-state index < -0.39 is 16.6 Å². The molecule has 0 aromatic rings. The van der Waals surface area contributed by atoms with Gasteiger partial charge in [0.25, 0.3) is 0 Å². The van der Waals surface area contributed by atoms with E-state index in [1.807, 2.05) is 0 Å². The third-order valence-electron chi connectivity index (χ3n) is 2.83. The Morgan fingerprint density at radius 1 is 0.636 bits per heavy atom. The van der Waals surface area contributed by atoms with Crippen molar-refractivity contribution >= 4 is 16.6 Å². The Kier molecular flexibility index (Phi) is 12.8. The molecule has 0 aliphatic rings. The first-order valence-electron chi connectivity index (χ1n) is 8.19. The molecule has 0 amide bonds. The van der Waals surface area contributed by atoms with Crippen molar-refractivity contribution in [2.45, 2.75) is 45.2 Å². The molecule has 0 radical (unpaired) electrons. The summed E-state index contributed by atoms with van der Waals surface area (Å²) >= 11 is 0. The van der Waals surface area contributed by atoms with Crippen LogP contribution >= 0.6 is 0 Å². The summed E-state index contributed by atoms with van der Waals surface area (Å²) in [5.41, 5.74) is 0. The largest absolute Gasteiger partial charge is 0.456 e. The highest BCUT2D eigenvalue weighted by molar-refractivity contribution is 6.84. The molecule has 0 spiro atoms. The predicted molar refractivity (Wildman–Crippen MR) is 95.7 cm³/mol. The van der Waals surface area contributed by atoms with Gasteiger partial charge in [-0.2, -0.15) is 0 Å². The van der Waals surface area contributed by atoms with Gasteiger partial charge in [-0.1, -0.05) is 0 Å². The summed E-state index contributed by atoms with van der Waals surface area (Å²) < 4.78 is 27.5. The number of hydrogen-bond donors (Lipinski definition) is 0. The molecule has 7 heteroatoms. The minimum Gasteiger partial charge on any atom is -0.456 e. The predicted octanol–water partition coefficient (Wildman–Crippen LogP) is 3.13. The Balaban J connectivity index is 3.33. The van der Waals surface area contributed by atoms with Crippen molar-refractivity contribution in [2.75, 3.05) is 53.4 Å². The lowest BCUT2D eigenvalue weighted by Crippen LogP contribution is -2.42. The number of ether oxygens (including phenoxy) is 4. The molecule has 0 fully saturated rings. The Labute approximate surface area is 138 Å². The smallest absolute Gasteiger partial charge is 0.173 e. The lowest BCUT2D eigenvalue weighted by molar-refractivity contribution is 0.00371. The average molecular weight is 353 g/mol. The average Bonchev–Trinajstić information content (AvgIpc) is 2.37. The van der Waals surface area contributed by atoms with E-state index in [1.54, 1.807) is 7.11 Å². The van der Waals surface area contributed by atoms with Crippen LogP contribution < -0.4 is 0 Å². The summed E-state index contributed by atoms with van der Waals surface area (Å²) in [4.78, 5) is 0. The summed E-state index contributed by atoms with van der Waals surface area (Å²) in [5.74, 6) is 0. The molecular weight excluding hydrogens is 316 g/mol. The van der Waals surface area contributed by atoms with Crippen molar-refractivity contribution in [1.29, 1.82) is 0 Å². The van der Waals surface area contributed by atoms with E-state index in [9.17, 15) is 0 Å². The maximum Gasteiger partial charge on any atom is 0.173 e. The third kappa shape index (κ3) is 16.6. The summed E-state index contributed by atoms with van der Waals surface area (Å²) in [6, 6.07) is 1.16. The van der Waals surface area contributed by atoms with Crippen molar-refractivity contribution in [3.05, 3.63) is 0 Å². The van der Waals surface area contributed by atoms with E-state index in [0.717, 1.165) is 19.1 Å². The molecule has 0 atom stereocenters. The number of rotatable bonds is 15. The molecule has 0 aromatic heterocycles. The molecule has 134 valence electrons. The lowest BCUT2D eigenvalue weighted by Gasteiger charge is -2.31. The Morgan fingerprint density at radius 2 is 1.09 bits per heavy atom. The molecule has 0 saturated heterocycles. The van der Waals surface area contributed by atoms with Crippen LogP contribution in [0, 0.1) is 0 Å². The minimum absolute atomic E-state index is 0.608. The zero-order valence-corrected chi connectivity index (χ0v) is 17.4. The molecule has 0 aromatic carbocycles. The molecule has 0 aliphatic carbocycles. The molecule has 0 N–H and O–H groups in total. The minimum atomic E-state index is -1.51. The van der Waals surface area contributed by atoms with Gasteiger partial charge in [-0.3, -0.25) is 0 Å².